The van der Waals surface area contributed by atoms with Crippen LogP contribution in [0.4, 0.5) is 0 Å². The Bertz CT molecular complexity index is 229. The molecule has 1 fully saturated rings. The van der Waals surface area contributed by atoms with Gasteiger partial charge < -0.3 is 5.32 Å². The van der Waals surface area contributed by atoms with Crippen molar-refractivity contribution in [2.45, 2.75) is 59.8 Å². The van der Waals surface area contributed by atoms with Gasteiger partial charge in [0, 0.05) is 12.5 Å². The minimum Gasteiger partial charge on any atom is -0.356 e. The molecule has 0 spiro atoms. The lowest BCUT2D eigenvalue weighted by Gasteiger charge is -2.19. The van der Waals surface area contributed by atoms with Crippen molar-refractivity contribution in [1.29, 1.82) is 0 Å². The van der Waals surface area contributed by atoms with E-state index in [0.29, 0.717) is 17.2 Å². The van der Waals surface area contributed by atoms with Crippen LogP contribution in [0, 0.1) is 17.3 Å². The Morgan fingerprint density at radius 1 is 1.31 bits per heavy atom. The van der Waals surface area contributed by atoms with Gasteiger partial charge in [0.05, 0.1) is 0 Å². The molecule has 2 atom stereocenters. The third-order valence-electron chi connectivity index (χ3n) is 3.66. The Labute approximate surface area is 100 Å². The SMILES string of the molecule is CC[C@H]1CC[C@@H](C(=O)NCCC(C)(C)C)C1. The van der Waals surface area contributed by atoms with Gasteiger partial charge in [-0.2, -0.15) is 0 Å². The van der Waals surface area contributed by atoms with Crippen molar-refractivity contribution in [3.05, 3.63) is 0 Å². The van der Waals surface area contributed by atoms with Gasteiger partial charge in [0.25, 0.3) is 0 Å². The third-order valence-corrected chi connectivity index (χ3v) is 3.66. The normalized spacial score (nSPS) is 25.8. The molecule has 94 valence electrons. The molecular formula is C14H27NO. The fourth-order valence-electron chi connectivity index (χ4n) is 2.39. The number of carbonyl (C=O) groups excluding carboxylic acids is 1. The monoisotopic (exact) mass is 225 g/mol. The fourth-order valence-corrected chi connectivity index (χ4v) is 2.39. The molecule has 1 aliphatic rings. The van der Waals surface area contributed by atoms with Crippen molar-refractivity contribution in [3.8, 4) is 0 Å². The largest absolute Gasteiger partial charge is 0.356 e. The molecule has 1 rings (SSSR count). The zero-order valence-corrected chi connectivity index (χ0v) is 11.3. The standard InChI is InChI=1S/C14H27NO/c1-5-11-6-7-12(10-11)13(16)15-9-8-14(2,3)4/h11-12H,5-10H2,1-4H3,(H,15,16)/t11-,12+/m0/s1. The van der Waals surface area contributed by atoms with Crippen LogP contribution in [0.1, 0.15) is 59.8 Å². The molecule has 0 heterocycles. The Balaban J connectivity index is 2.21. The molecule has 16 heavy (non-hydrogen) atoms. The number of rotatable bonds is 4. The highest BCUT2D eigenvalue weighted by molar-refractivity contribution is 5.78. The molecule has 0 radical (unpaired) electrons. The molecule has 1 N–H and O–H groups in total. The van der Waals surface area contributed by atoms with Gasteiger partial charge in [0.2, 0.25) is 5.91 Å². The first-order valence-corrected chi connectivity index (χ1v) is 6.70. The van der Waals surface area contributed by atoms with Crippen LogP contribution in [-0.4, -0.2) is 12.5 Å². The zero-order valence-electron chi connectivity index (χ0n) is 11.3. The van der Waals surface area contributed by atoms with E-state index in [2.05, 4.69) is 33.0 Å². The van der Waals surface area contributed by atoms with Crippen molar-refractivity contribution in [3.63, 3.8) is 0 Å². The maximum Gasteiger partial charge on any atom is 0.223 e. The first kappa shape index (κ1) is 13.5. The molecule has 2 heteroatoms. The smallest absolute Gasteiger partial charge is 0.223 e. The molecular weight excluding hydrogens is 198 g/mol. The van der Waals surface area contributed by atoms with Crippen LogP contribution in [0.15, 0.2) is 0 Å². The second-order valence-electron chi connectivity index (χ2n) is 6.39. The first-order chi connectivity index (χ1) is 7.42. The number of nitrogens with one attached hydrogen (secondary N) is 1. The van der Waals surface area contributed by atoms with Gasteiger partial charge in [0.15, 0.2) is 0 Å². The lowest BCUT2D eigenvalue weighted by atomic mass is 9.92. The minimum absolute atomic E-state index is 0.292. The Morgan fingerprint density at radius 2 is 2.00 bits per heavy atom. The van der Waals surface area contributed by atoms with Crippen molar-refractivity contribution in [2.24, 2.45) is 17.3 Å². The molecule has 1 aliphatic carbocycles. The van der Waals surface area contributed by atoms with Crippen LogP contribution in [-0.2, 0) is 4.79 Å². The summed E-state index contributed by atoms with van der Waals surface area (Å²) in [5.41, 5.74) is 0.314. The maximum absolute atomic E-state index is 11.9. The van der Waals surface area contributed by atoms with E-state index in [0.717, 1.165) is 31.7 Å². The Kier molecular flexibility index (Phi) is 4.82. The molecule has 0 saturated heterocycles. The van der Waals surface area contributed by atoms with Crippen molar-refractivity contribution in [1.82, 2.24) is 5.32 Å². The molecule has 1 saturated carbocycles. The average Bonchev–Trinajstić information content (AvgIpc) is 2.63. The summed E-state index contributed by atoms with van der Waals surface area (Å²) in [6.45, 7) is 9.69. The van der Waals surface area contributed by atoms with E-state index < -0.39 is 0 Å². The van der Waals surface area contributed by atoms with E-state index >= 15 is 0 Å². The summed E-state index contributed by atoms with van der Waals surface area (Å²) in [6.07, 6.45) is 5.74. The minimum atomic E-state index is 0.292. The highest BCUT2D eigenvalue weighted by atomic mass is 16.1. The second-order valence-corrected chi connectivity index (χ2v) is 6.39. The van der Waals surface area contributed by atoms with Crippen molar-refractivity contribution >= 4 is 5.91 Å². The predicted molar refractivity (Wildman–Crippen MR) is 68.2 cm³/mol. The van der Waals surface area contributed by atoms with Gasteiger partial charge in [-0.05, 0) is 37.0 Å². The van der Waals surface area contributed by atoms with E-state index in [9.17, 15) is 4.79 Å². The summed E-state index contributed by atoms with van der Waals surface area (Å²) in [5.74, 6) is 1.38. The van der Waals surface area contributed by atoms with E-state index in [1.54, 1.807) is 0 Å². The summed E-state index contributed by atoms with van der Waals surface area (Å²) in [4.78, 5) is 11.9. The van der Waals surface area contributed by atoms with Crippen LogP contribution in [0.5, 0.6) is 0 Å². The van der Waals surface area contributed by atoms with Crippen molar-refractivity contribution < 1.29 is 4.79 Å². The topological polar surface area (TPSA) is 29.1 Å². The predicted octanol–water partition coefficient (Wildman–Crippen LogP) is 3.37. The molecule has 0 aromatic heterocycles. The summed E-state index contributed by atoms with van der Waals surface area (Å²) >= 11 is 0. The molecule has 0 aromatic carbocycles. The lowest BCUT2D eigenvalue weighted by molar-refractivity contribution is -0.124. The number of hydrogen-bond acceptors (Lipinski definition) is 1. The molecule has 0 aliphatic heterocycles. The van der Waals surface area contributed by atoms with E-state index in [1.807, 2.05) is 0 Å². The molecule has 0 bridgehead atoms. The fraction of sp³-hybridized carbons (Fsp3) is 0.929. The molecule has 0 aromatic rings. The number of carbonyl (C=O) groups is 1. The van der Waals surface area contributed by atoms with E-state index in [4.69, 9.17) is 0 Å². The highest BCUT2D eigenvalue weighted by Gasteiger charge is 2.28. The Hall–Kier alpha value is -0.530. The quantitative estimate of drug-likeness (QED) is 0.781. The Morgan fingerprint density at radius 3 is 2.50 bits per heavy atom. The van der Waals surface area contributed by atoms with Gasteiger partial charge in [-0.25, -0.2) is 0 Å². The summed E-state index contributed by atoms with van der Waals surface area (Å²) in [6, 6.07) is 0. The average molecular weight is 225 g/mol. The van der Waals surface area contributed by atoms with E-state index in [1.165, 1.54) is 12.8 Å². The van der Waals surface area contributed by atoms with Crippen LogP contribution < -0.4 is 5.32 Å². The molecule has 1 amide bonds. The maximum atomic E-state index is 11.9. The van der Waals surface area contributed by atoms with Crippen LogP contribution in [0.25, 0.3) is 0 Å². The second kappa shape index (κ2) is 5.70. The first-order valence-electron chi connectivity index (χ1n) is 6.70. The summed E-state index contributed by atoms with van der Waals surface area (Å²) in [7, 11) is 0. The van der Waals surface area contributed by atoms with Gasteiger partial charge in [-0.15, -0.1) is 0 Å². The van der Waals surface area contributed by atoms with Crippen LogP contribution in [0.2, 0.25) is 0 Å². The summed E-state index contributed by atoms with van der Waals surface area (Å²) < 4.78 is 0. The van der Waals surface area contributed by atoms with Gasteiger partial charge in [0.1, 0.15) is 0 Å². The van der Waals surface area contributed by atoms with Gasteiger partial charge >= 0.3 is 0 Å². The lowest BCUT2D eigenvalue weighted by Crippen LogP contribution is -2.32. The number of amides is 1. The highest BCUT2D eigenvalue weighted by Crippen LogP contribution is 2.32. The van der Waals surface area contributed by atoms with Crippen LogP contribution >= 0.6 is 0 Å². The van der Waals surface area contributed by atoms with E-state index in [-0.39, 0.29) is 0 Å². The van der Waals surface area contributed by atoms with Gasteiger partial charge in [-0.3, -0.25) is 4.79 Å². The third kappa shape index (κ3) is 4.54. The van der Waals surface area contributed by atoms with Crippen LogP contribution in [0.3, 0.4) is 0 Å². The zero-order chi connectivity index (χ0) is 12.2. The summed E-state index contributed by atoms with van der Waals surface area (Å²) in [5, 5.41) is 3.09. The molecule has 0 unspecified atom stereocenters. The molecule has 2 nitrogen and oxygen atoms in total. The van der Waals surface area contributed by atoms with Gasteiger partial charge in [-0.1, -0.05) is 34.1 Å². The number of hydrogen-bond donors (Lipinski definition) is 1. The van der Waals surface area contributed by atoms with Crippen molar-refractivity contribution in [2.75, 3.05) is 6.54 Å².